The van der Waals surface area contributed by atoms with Crippen molar-refractivity contribution in [1.29, 1.82) is 0 Å². The van der Waals surface area contributed by atoms with Gasteiger partial charge in [-0.2, -0.15) is 0 Å². The van der Waals surface area contributed by atoms with Gasteiger partial charge < -0.3 is 4.74 Å². The first-order valence-corrected chi connectivity index (χ1v) is 5.60. The van der Waals surface area contributed by atoms with E-state index in [4.69, 9.17) is 4.74 Å². The number of benzene rings is 2. The molecular weight excluding hydrogens is 231 g/mol. The van der Waals surface area contributed by atoms with Crippen LogP contribution in [0, 0.1) is 19.7 Å². The lowest BCUT2D eigenvalue weighted by molar-refractivity contribution is 0.112. The van der Waals surface area contributed by atoms with Crippen LogP contribution >= 0.6 is 0 Å². The molecule has 0 bridgehead atoms. The zero-order valence-electron chi connectivity index (χ0n) is 10.2. The summed E-state index contributed by atoms with van der Waals surface area (Å²) in [5.74, 6) is -0.0205. The van der Waals surface area contributed by atoms with E-state index in [1.165, 1.54) is 18.2 Å². The summed E-state index contributed by atoms with van der Waals surface area (Å²) in [6, 6.07) is 9.86. The number of aldehydes is 1. The predicted octanol–water partition coefficient (Wildman–Crippen LogP) is 4.05. The van der Waals surface area contributed by atoms with Crippen LogP contribution in [0.1, 0.15) is 21.5 Å². The lowest BCUT2D eigenvalue weighted by atomic mass is 10.1. The molecule has 0 aliphatic rings. The fraction of sp³-hybridized carbons (Fsp3) is 0.133. The highest BCUT2D eigenvalue weighted by Gasteiger charge is 2.11. The Hall–Kier alpha value is -2.16. The number of carbonyl (C=O) groups is 1. The summed E-state index contributed by atoms with van der Waals surface area (Å²) in [6.07, 6.45) is 0.585. The molecule has 3 heteroatoms. The van der Waals surface area contributed by atoms with Crippen LogP contribution in [-0.2, 0) is 0 Å². The largest absolute Gasteiger partial charge is 0.453 e. The van der Waals surface area contributed by atoms with Gasteiger partial charge in [-0.15, -0.1) is 0 Å². The van der Waals surface area contributed by atoms with Crippen molar-refractivity contribution in [2.24, 2.45) is 0 Å². The van der Waals surface area contributed by atoms with Crippen LogP contribution in [0.5, 0.6) is 11.5 Å². The molecule has 0 aliphatic heterocycles. The average molecular weight is 244 g/mol. The second-order valence-corrected chi connectivity index (χ2v) is 4.15. The Morgan fingerprint density at radius 2 is 1.94 bits per heavy atom. The first kappa shape index (κ1) is 12.3. The van der Waals surface area contributed by atoms with E-state index in [9.17, 15) is 9.18 Å². The standard InChI is InChI=1S/C15H13FO2/c1-10-6-7-14(11(2)8-10)18-15-12(9-17)4-3-5-13(15)16/h3-9H,1-2H3. The van der Waals surface area contributed by atoms with E-state index in [2.05, 4.69) is 0 Å². The quantitative estimate of drug-likeness (QED) is 0.761. The summed E-state index contributed by atoms with van der Waals surface area (Å²) in [5, 5.41) is 0. The molecule has 2 aromatic carbocycles. The zero-order chi connectivity index (χ0) is 13.1. The fourth-order valence-corrected chi connectivity index (χ4v) is 1.75. The van der Waals surface area contributed by atoms with Crippen LogP contribution < -0.4 is 4.74 Å². The third-order valence-corrected chi connectivity index (χ3v) is 2.67. The highest BCUT2D eigenvalue weighted by molar-refractivity contribution is 5.79. The molecule has 0 spiro atoms. The summed E-state index contributed by atoms with van der Waals surface area (Å²) >= 11 is 0. The highest BCUT2D eigenvalue weighted by atomic mass is 19.1. The van der Waals surface area contributed by atoms with Crippen LogP contribution in [-0.4, -0.2) is 6.29 Å². The minimum atomic E-state index is -0.542. The molecule has 92 valence electrons. The van der Waals surface area contributed by atoms with Crippen LogP contribution in [0.3, 0.4) is 0 Å². The van der Waals surface area contributed by atoms with Gasteiger partial charge in [0.1, 0.15) is 5.75 Å². The molecule has 0 amide bonds. The number of aryl methyl sites for hydroxylation is 2. The molecule has 0 aromatic heterocycles. The second-order valence-electron chi connectivity index (χ2n) is 4.15. The number of ether oxygens (including phenoxy) is 1. The molecule has 2 rings (SSSR count). The van der Waals surface area contributed by atoms with Crippen LogP contribution in [0.4, 0.5) is 4.39 Å². The third kappa shape index (κ3) is 2.40. The van der Waals surface area contributed by atoms with E-state index >= 15 is 0 Å². The number of para-hydroxylation sites is 1. The third-order valence-electron chi connectivity index (χ3n) is 2.67. The maximum atomic E-state index is 13.6. The Balaban J connectivity index is 2.42. The van der Waals surface area contributed by atoms with Crippen LogP contribution in [0.25, 0.3) is 0 Å². The fourth-order valence-electron chi connectivity index (χ4n) is 1.75. The molecule has 0 fully saturated rings. The number of carbonyl (C=O) groups excluding carboxylic acids is 1. The SMILES string of the molecule is Cc1ccc(Oc2c(F)cccc2C=O)c(C)c1. The monoisotopic (exact) mass is 244 g/mol. The first-order valence-electron chi connectivity index (χ1n) is 5.60. The molecule has 0 unspecified atom stereocenters. The average Bonchev–Trinajstić information content (AvgIpc) is 2.34. The normalized spacial score (nSPS) is 10.2. The molecule has 0 N–H and O–H groups in total. The molecule has 0 aliphatic carbocycles. The number of rotatable bonds is 3. The van der Waals surface area contributed by atoms with Crippen molar-refractivity contribution < 1.29 is 13.9 Å². The lowest BCUT2D eigenvalue weighted by Gasteiger charge is -2.11. The van der Waals surface area contributed by atoms with Gasteiger partial charge in [0.15, 0.2) is 17.9 Å². The van der Waals surface area contributed by atoms with E-state index in [1.54, 1.807) is 6.07 Å². The van der Waals surface area contributed by atoms with E-state index in [0.29, 0.717) is 12.0 Å². The Bertz CT molecular complexity index is 591. The highest BCUT2D eigenvalue weighted by Crippen LogP contribution is 2.29. The number of hydrogen-bond acceptors (Lipinski definition) is 2. The Morgan fingerprint density at radius 1 is 1.17 bits per heavy atom. The first-order chi connectivity index (χ1) is 8.61. The predicted molar refractivity (Wildman–Crippen MR) is 67.8 cm³/mol. The van der Waals surface area contributed by atoms with Crippen LogP contribution in [0.15, 0.2) is 36.4 Å². The molecule has 0 saturated carbocycles. The van der Waals surface area contributed by atoms with Crippen molar-refractivity contribution in [2.75, 3.05) is 0 Å². The summed E-state index contributed by atoms with van der Waals surface area (Å²) in [7, 11) is 0. The molecule has 18 heavy (non-hydrogen) atoms. The van der Waals surface area contributed by atoms with Gasteiger partial charge in [-0.3, -0.25) is 4.79 Å². The minimum absolute atomic E-state index is 0.0283. The van der Waals surface area contributed by atoms with Crippen molar-refractivity contribution >= 4 is 6.29 Å². The minimum Gasteiger partial charge on any atom is -0.453 e. The molecule has 0 heterocycles. The van der Waals surface area contributed by atoms with Crippen LogP contribution in [0.2, 0.25) is 0 Å². The van der Waals surface area contributed by atoms with Gasteiger partial charge in [-0.05, 0) is 37.6 Å². The smallest absolute Gasteiger partial charge is 0.173 e. The van der Waals surface area contributed by atoms with Gasteiger partial charge in [-0.25, -0.2) is 4.39 Å². The van der Waals surface area contributed by atoms with Gasteiger partial charge in [0.2, 0.25) is 0 Å². The molecule has 0 radical (unpaired) electrons. The molecule has 0 atom stereocenters. The van der Waals surface area contributed by atoms with Crippen molar-refractivity contribution in [2.45, 2.75) is 13.8 Å². The molecular formula is C15H13FO2. The Labute approximate surface area is 105 Å². The summed E-state index contributed by atoms with van der Waals surface area (Å²) in [5.41, 5.74) is 2.20. The summed E-state index contributed by atoms with van der Waals surface area (Å²) in [4.78, 5) is 10.9. The van der Waals surface area contributed by atoms with Crippen molar-refractivity contribution in [3.63, 3.8) is 0 Å². The Morgan fingerprint density at radius 3 is 2.61 bits per heavy atom. The molecule has 2 aromatic rings. The summed E-state index contributed by atoms with van der Waals surface area (Å²) in [6.45, 7) is 3.85. The number of halogens is 1. The molecule has 2 nitrogen and oxygen atoms in total. The topological polar surface area (TPSA) is 26.3 Å². The lowest BCUT2D eigenvalue weighted by Crippen LogP contribution is -1.95. The van der Waals surface area contributed by atoms with Crippen molar-refractivity contribution in [3.8, 4) is 11.5 Å². The zero-order valence-corrected chi connectivity index (χ0v) is 10.2. The number of hydrogen-bond donors (Lipinski definition) is 0. The van der Waals surface area contributed by atoms with Gasteiger partial charge in [0, 0.05) is 0 Å². The van der Waals surface area contributed by atoms with E-state index in [0.717, 1.165) is 11.1 Å². The van der Waals surface area contributed by atoms with Crippen molar-refractivity contribution in [1.82, 2.24) is 0 Å². The second kappa shape index (κ2) is 5.00. The van der Waals surface area contributed by atoms with E-state index < -0.39 is 5.82 Å². The Kier molecular flexibility index (Phi) is 3.42. The van der Waals surface area contributed by atoms with Gasteiger partial charge in [0.25, 0.3) is 0 Å². The molecule has 0 saturated heterocycles. The van der Waals surface area contributed by atoms with Gasteiger partial charge >= 0.3 is 0 Å². The summed E-state index contributed by atoms with van der Waals surface area (Å²) < 4.78 is 19.2. The van der Waals surface area contributed by atoms with Crippen molar-refractivity contribution in [3.05, 3.63) is 58.9 Å². The van der Waals surface area contributed by atoms with Gasteiger partial charge in [0.05, 0.1) is 5.56 Å². The van der Waals surface area contributed by atoms with E-state index in [-0.39, 0.29) is 11.3 Å². The maximum Gasteiger partial charge on any atom is 0.173 e. The van der Waals surface area contributed by atoms with Gasteiger partial charge in [-0.1, -0.05) is 23.8 Å². The van der Waals surface area contributed by atoms with E-state index in [1.807, 2.05) is 26.0 Å². The maximum absolute atomic E-state index is 13.6.